The number of nitrogens with zero attached hydrogens (tertiary/aromatic N) is 2. The molecule has 29 heavy (non-hydrogen) atoms. The van der Waals surface area contributed by atoms with Gasteiger partial charge < -0.3 is 9.47 Å². The van der Waals surface area contributed by atoms with Crippen LogP contribution in [0, 0.1) is 0 Å². The van der Waals surface area contributed by atoms with E-state index in [0.29, 0.717) is 16.9 Å². The van der Waals surface area contributed by atoms with Crippen LogP contribution in [0.25, 0.3) is 10.6 Å². The van der Waals surface area contributed by atoms with Gasteiger partial charge >= 0.3 is 5.97 Å². The minimum absolute atomic E-state index is 0.0169. The number of ether oxygens (including phenoxy) is 2. The molecule has 3 aromatic rings. The number of hydrogen-bond acceptors (Lipinski definition) is 7. The zero-order valence-electron chi connectivity index (χ0n) is 15.5. The second-order valence-electron chi connectivity index (χ2n) is 6.27. The normalized spacial score (nSPS) is 12.8. The van der Waals surface area contributed by atoms with E-state index in [-0.39, 0.29) is 13.2 Å². The highest BCUT2D eigenvalue weighted by molar-refractivity contribution is 7.13. The van der Waals surface area contributed by atoms with Crippen molar-refractivity contribution in [2.75, 3.05) is 18.6 Å². The maximum Gasteiger partial charge on any atom is 0.326 e. The Morgan fingerprint density at radius 1 is 1.14 bits per heavy atom. The van der Waals surface area contributed by atoms with E-state index in [0.717, 1.165) is 21.2 Å². The average Bonchev–Trinajstić information content (AvgIpc) is 3.32. The summed E-state index contributed by atoms with van der Waals surface area (Å²) in [4.78, 5) is 42.0. The topological polar surface area (TPSA) is 85.8 Å². The summed E-state index contributed by atoms with van der Waals surface area (Å²) in [6.45, 7) is -0.342. The minimum Gasteiger partial charge on any atom is -0.497 e. The van der Waals surface area contributed by atoms with Crippen LogP contribution in [0.15, 0.2) is 53.9 Å². The van der Waals surface area contributed by atoms with Crippen LogP contribution in [0.2, 0.25) is 0 Å². The highest BCUT2D eigenvalue weighted by Crippen LogP contribution is 2.29. The van der Waals surface area contributed by atoms with Crippen molar-refractivity contribution in [1.82, 2.24) is 4.98 Å². The Kier molecular flexibility index (Phi) is 5.09. The number of carbonyl (C=O) groups is 3. The lowest BCUT2D eigenvalue weighted by atomic mass is 10.1. The smallest absolute Gasteiger partial charge is 0.326 e. The van der Waals surface area contributed by atoms with Crippen molar-refractivity contribution in [3.8, 4) is 16.3 Å². The van der Waals surface area contributed by atoms with Crippen molar-refractivity contribution in [2.45, 2.75) is 6.61 Å². The number of aromatic nitrogens is 1. The summed E-state index contributed by atoms with van der Waals surface area (Å²) in [5.74, 6) is -1.22. The Balaban J connectivity index is 1.39. The fourth-order valence-corrected chi connectivity index (χ4v) is 3.80. The number of esters is 1. The summed E-state index contributed by atoms with van der Waals surface area (Å²) in [6.07, 6.45) is 0. The monoisotopic (exact) mass is 408 g/mol. The van der Waals surface area contributed by atoms with Crippen molar-refractivity contribution in [2.24, 2.45) is 0 Å². The fourth-order valence-electron chi connectivity index (χ4n) is 3.00. The van der Waals surface area contributed by atoms with Crippen molar-refractivity contribution in [3.63, 3.8) is 0 Å². The summed E-state index contributed by atoms with van der Waals surface area (Å²) in [5, 5.41) is 2.59. The molecule has 7 nitrogen and oxygen atoms in total. The van der Waals surface area contributed by atoms with Gasteiger partial charge in [-0.05, 0) is 24.3 Å². The van der Waals surface area contributed by atoms with E-state index < -0.39 is 17.7 Å². The first kappa shape index (κ1) is 18.8. The molecular weight excluding hydrogens is 392 g/mol. The summed E-state index contributed by atoms with van der Waals surface area (Å²) in [5.41, 5.74) is 2.23. The summed E-state index contributed by atoms with van der Waals surface area (Å²) < 4.78 is 10.5. The number of methoxy groups -OCH3 is 1. The van der Waals surface area contributed by atoms with E-state index >= 15 is 0 Å². The molecule has 1 aliphatic rings. The third kappa shape index (κ3) is 3.74. The number of para-hydroxylation sites is 1. The van der Waals surface area contributed by atoms with Gasteiger partial charge in [-0.3, -0.25) is 19.3 Å². The third-order valence-electron chi connectivity index (χ3n) is 4.42. The molecule has 8 heteroatoms. The van der Waals surface area contributed by atoms with Crippen LogP contribution in [-0.2, 0) is 20.9 Å². The Bertz CT molecular complexity index is 1110. The summed E-state index contributed by atoms with van der Waals surface area (Å²) >= 11 is 1.43. The van der Waals surface area contributed by atoms with Gasteiger partial charge in [0, 0.05) is 10.9 Å². The average molecular weight is 408 g/mol. The lowest BCUT2D eigenvalue weighted by Crippen LogP contribution is -2.35. The molecule has 1 amide bonds. The molecule has 0 N–H and O–H groups in total. The van der Waals surface area contributed by atoms with Crippen molar-refractivity contribution < 1.29 is 23.9 Å². The lowest BCUT2D eigenvalue weighted by Gasteiger charge is -2.15. The number of thiazole rings is 1. The minimum atomic E-state index is -0.725. The van der Waals surface area contributed by atoms with Gasteiger partial charge in [-0.15, -0.1) is 11.3 Å². The van der Waals surface area contributed by atoms with E-state index in [4.69, 9.17) is 9.47 Å². The first-order valence-corrected chi connectivity index (χ1v) is 9.64. The molecule has 4 rings (SSSR count). The summed E-state index contributed by atoms with van der Waals surface area (Å²) in [7, 11) is 1.60. The number of Topliss-reactive ketones (excluding diaryl/α,β-unsaturated/α-hetero) is 1. The predicted molar refractivity (Wildman–Crippen MR) is 107 cm³/mol. The summed E-state index contributed by atoms with van der Waals surface area (Å²) in [6, 6.07) is 14.1. The molecule has 0 aliphatic carbocycles. The first-order chi connectivity index (χ1) is 14.1. The second-order valence-corrected chi connectivity index (χ2v) is 7.13. The van der Waals surface area contributed by atoms with Gasteiger partial charge in [0.05, 0.1) is 24.1 Å². The molecule has 0 unspecified atom stereocenters. The largest absolute Gasteiger partial charge is 0.497 e. The van der Waals surface area contributed by atoms with Crippen molar-refractivity contribution in [3.05, 3.63) is 65.2 Å². The van der Waals surface area contributed by atoms with Gasteiger partial charge in [0.2, 0.25) is 0 Å². The Labute approximate surface area is 170 Å². The van der Waals surface area contributed by atoms with Gasteiger partial charge in [0.15, 0.2) is 0 Å². The van der Waals surface area contributed by atoms with Crippen LogP contribution < -0.4 is 9.64 Å². The van der Waals surface area contributed by atoms with E-state index in [1.165, 1.54) is 11.3 Å². The number of fused-ring (bicyclic) bond motifs is 1. The maximum atomic E-state index is 12.2. The second kappa shape index (κ2) is 7.84. The molecule has 1 aromatic heterocycles. The molecular formula is C21H16N2O5S. The number of amides is 1. The number of anilines is 1. The van der Waals surface area contributed by atoms with Crippen LogP contribution in [0.1, 0.15) is 16.1 Å². The zero-order chi connectivity index (χ0) is 20.4. The Morgan fingerprint density at radius 3 is 2.79 bits per heavy atom. The van der Waals surface area contributed by atoms with Gasteiger partial charge in [-0.25, -0.2) is 4.98 Å². The van der Waals surface area contributed by atoms with Gasteiger partial charge in [-0.1, -0.05) is 24.3 Å². The van der Waals surface area contributed by atoms with Gasteiger partial charge in [0.1, 0.15) is 23.9 Å². The Hall–Kier alpha value is -3.52. The molecule has 0 saturated heterocycles. The van der Waals surface area contributed by atoms with E-state index in [2.05, 4.69) is 4.98 Å². The zero-order valence-corrected chi connectivity index (χ0v) is 16.3. The lowest BCUT2D eigenvalue weighted by molar-refractivity contribution is -0.144. The number of carbonyl (C=O) groups excluding carboxylic acids is 3. The van der Waals surface area contributed by atoms with Crippen LogP contribution in [-0.4, -0.2) is 36.3 Å². The molecule has 0 atom stereocenters. The van der Waals surface area contributed by atoms with Crippen LogP contribution in [0.4, 0.5) is 5.69 Å². The standard InChI is InChI=1S/C21H16N2O5S/c1-27-15-6-4-5-13(9-15)20-22-14(12-29-20)11-28-18(24)10-23-17-8-3-2-7-16(17)19(25)21(23)26/h2-9,12H,10-11H2,1H3. The van der Waals surface area contributed by atoms with Crippen LogP contribution in [0.5, 0.6) is 5.75 Å². The predicted octanol–water partition coefficient (Wildman–Crippen LogP) is 3.09. The molecule has 1 aliphatic heterocycles. The molecule has 2 aromatic carbocycles. The van der Waals surface area contributed by atoms with Gasteiger partial charge in [0.25, 0.3) is 11.7 Å². The first-order valence-electron chi connectivity index (χ1n) is 8.76. The van der Waals surface area contributed by atoms with Gasteiger partial charge in [-0.2, -0.15) is 0 Å². The number of rotatable bonds is 6. The van der Waals surface area contributed by atoms with E-state index in [1.807, 2.05) is 29.6 Å². The molecule has 146 valence electrons. The SMILES string of the molecule is COc1cccc(-c2nc(COC(=O)CN3C(=O)C(=O)c4ccccc43)cs2)c1. The molecule has 0 saturated carbocycles. The van der Waals surface area contributed by atoms with Crippen molar-refractivity contribution >= 4 is 34.7 Å². The highest BCUT2D eigenvalue weighted by atomic mass is 32.1. The molecule has 0 fully saturated rings. The fraction of sp³-hybridized carbons (Fsp3) is 0.143. The third-order valence-corrected chi connectivity index (χ3v) is 5.36. The molecule has 0 radical (unpaired) electrons. The molecule has 0 spiro atoms. The quantitative estimate of drug-likeness (QED) is 0.460. The number of ketones is 1. The number of benzene rings is 2. The molecule has 2 heterocycles. The Morgan fingerprint density at radius 2 is 1.97 bits per heavy atom. The van der Waals surface area contributed by atoms with Crippen LogP contribution >= 0.6 is 11.3 Å². The highest BCUT2D eigenvalue weighted by Gasteiger charge is 2.36. The maximum absolute atomic E-state index is 12.2. The van der Waals surface area contributed by atoms with Crippen molar-refractivity contribution in [1.29, 1.82) is 0 Å². The van der Waals surface area contributed by atoms with E-state index in [9.17, 15) is 14.4 Å². The molecule has 0 bridgehead atoms. The number of hydrogen-bond donors (Lipinski definition) is 0. The van der Waals surface area contributed by atoms with E-state index in [1.54, 1.807) is 31.4 Å². The van der Waals surface area contributed by atoms with Crippen LogP contribution in [0.3, 0.4) is 0 Å².